The normalized spacial score (nSPS) is 16.7. The second-order valence-electron chi connectivity index (χ2n) is 5.29. The van der Waals surface area contributed by atoms with Gasteiger partial charge >= 0.3 is 0 Å². The molecular weight excluding hydrogens is 304 g/mol. The molecule has 6 heteroatoms. The van der Waals surface area contributed by atoms with Crippen LogP contribution in [0.4, 0.5) is 0 Å². The number of carbonyl (C=O) groups is 2. The van der Waals surface area contributed by atoms with Crippen molar-refractivity contribution < 1.29 is 14.3 Å². The molecule has 0 aromatic heterocycles. The van der Waals surface area contributed by atoms with Gasteiger partial charge in [0.05, 0.1) is 6.61 Å². The monoisotopic (exact) mass is 326 g/mol. The van der Waals surface area contributed by atoms with Gasteiger partial charge in [-0.2, -0.15) is 0 Å². The molecule has 2 N–H and O–H groups in total. The summed E-state index contributed by atoms with van der Waals surface area (Å²) in [5.74, 6) is 0.762. The first-order valence-corrected chi connectivity index (χ1v) is 7.39. The fraction of sp³-hybridized carbons (Fsp3) is 0.500. The Morgan fingerprint density at radius 3 is 2.91 bits per heavy atom. The number of Topliss-reactive ketones (excluding diaryl/α,β-unsaturated/α-hetero) is 1. The number of halogens is 1. The smallest absolute Gasteiger partial charge is 0.220 e. The van der Waals surface area contributed by atoms with E-state index >= 15 is 0 Å². The first kappa shape index (κ1) is 18.5. The second kappa shape index (κ2) is 9.43. The largest absolute Gasteiger partial charge is 0.494 e. The van der Waals surface area contributed by atoms with Gasteiger partial charge in [0, 0.05) is 24.6 Å². The van der Waals surface area contributed by atoms with Crippen molar-refractivity contribution >= 4 is 24.1 Å². The number of rotatable bonds is 7. The Kier molecular flexibility index (Phi) is 7.91. The first-order chi connectivity index (χ1) is 10.1. The van der Waals surface area contributed by atoms with E-state index in [0.29, 0.717) is 30.8 Å². The summed E-state index contributed by atoms with van der Waals surface area (Å²) < 4.78 is 5.57. The zero-order valence-corrected chi connectivity index (χ0v) is 13.6. The van der Waals surface area contributed by atoms with Crippen LogP contribution >= 0.6 is 12.4 Å². The van der Waals surface area contributed by atoms with E-state index in [1.165, 1.54) is 6.92 Å². The van der Waals surface area contributed by atoms with Crippen LogP contribution in [-0.4, -0.2) is 37.4 Å². The summed E-state index contributed by atoms with van der Waals surface area (Å²) in [5.41, 5.74) is 0.638. The summed E-state index contributed by atoms with van der Waals surface area (Å²) >= 11 is 0. The van der Waals surface area contributed by atoms with Crippen LogP contribution < -0.4 is 15.4 Å². The number of benzene rings is 1. The van der Waals surface area contributed by atoms with Crippen LogP contribution in [0.3, 0.4) is 0 Å². The van der Waals surface area contributed by atoms with Crippen molar-refractivity contribution in [2.24, 2.45) is 0 Å². The number of nitrogens with one attached hydrogen (secondary N) is 2. The fourth-order valence-electron chi connectivity index (χ4n) is 2.31. The highest BCUT2D eigenvalue weighted by molar-refractivity contribution is 5.94. The summed E-state index contributed by atoms with van der Waals surface area (Å²) in [4.78, 5) is 23.0. The van der Waals surface area contributed by atoms with Gasteiger partial charge in [-0.3, -0.25) is 9.59 Å². The third-order valence-corrected chi connectivity index (χ3v) is 3.48. The molecule has 1 saturated heterocycles. The van der Waals surface area contributed by atoms with Gasteiger partial charge in [0.2, 0.25) is 5.91 Å². The van der Waals surface area contributed by atoms with E-state index in [4.69, 9.17) is 4.74 Å². The first-order valence-electron chi connectivity index (χ1n) is 7.39. The summed E-state index contributed by atoms with van der Waals surface area (Å²) in [7, 11) is 0. The van der Waals surface area contributed by atoms with Crippen molar-refractivity contribution in [3.05, 3.63) is 29.8 Å². The van der Waals surface area contributed by atoms with Crippen LogP contribution in [0, 0.1) is 0 Å². The summed E-state index contributed by atoms with van der Waals surface area (Å²) in [6.45, 7) is 3.83. The second-order valence-corrected chi connectivity index (χ2v) is 5.29. The molecule has 0 saturated carbocycles. The van der Waals surface area contributed by atoms with Gasteiger partial charge in [-0.25, -0.2) is 0 Å². The van der Waals surface area contributed by atoms with E-state index in [1.807, 2.05) is 6.07 Å². The van der Waals surface area contributed by atoms with Crippen molar-refractivity contribution in [3.8, 4) is 5.75 Å². The Bertz CT molecular complexity index is 502. The van der Waals surface area contributed by atoms with Crippen LogP contribution in [0.1, 0.15) is 36.5 Å². The maximum Gasteiger partial charge on any atom is 0.220 e. The highest BCUT2D eigenvalue weighted by Crippen LogP contribution is 2.14. The standard InChI is InChI=1S/C16H22N2O3.ClH/c1-12(19)13-4-2-5-15(10-13)21-9-3-6-16(20)18-14-7-8-17-11-14;/h2,4-5,10,14,17H,3,6-9,11H2,1H3,(H,18,20);1H. The minimum Gasteiger partial charge on any atom is -0.494 e. The Morgan fingerprint density at radius 1 is 1.41 bits per heavy atom. The topological polar surface area (TPSA) is 67.4 Å². The molecule has 22 heavy (non-hydrogen) atoms. The number of carbonyl (C=O) groups excluding carboxylic acids is 2. The molecule has 1 aromatic carbocycles. The van der Waals surface area contributed by atoms with Gasteiger partial charge in [0.1, 0.15) is 5.75 Å². The lowest BCUT2D eigenvalue weighted by molar-refractivity contribution is -0.121. The van der Waals surface area contributed by atoms with Gasteiger partial charge in [0.25, 0.3) is 0 Å². The van der Waals surface area contributed by atoms with Crippen molar-refractivity contribution in [2.75, 3.05) is 19.7 Å². The van der Waals surface area contributed by atoms with Crippen LogP contribution in [-0.2, 0) is 4.79 Å². The molecule has 1 aliphatic rings. The lowest BCUT2D eigenvalue weighted by Crippen LogP contribution is -2.36. The molecule has 1 unspecified atom stereocenters. The molecule has 0 bridgehead atoms. The minimum atomic E-state index is 0. The Labute approximate surface area is 137 Å². The highest BCUT2D eigenvalue weighted by Gasteiger charge is 2.16. The summed E-state index contributed by atoms with van der Waals surface area (Å²) in [6.07, 6.45) is 2.12. The lowest BCUT2D eigenvalue weighted by Gasteiger charge is -2.11. The minimum absolute atomic E-state index is 0. The molecule has 1 amide bonds. The van der Waals surface area contributed by atoms with Gasteiger partial charge in [-0.05, 0) is 38.4 Å². The number of hydrogen-bond donors (Lipinski definition) is 2. The molecule has 0 aliphatic carbocycles. The molecule has 1 heterocycles. The number of hydrogen-bond acceptors (Lipinski definition) is 4. The molecule has 2 rings (SSSR count). The highest BCUT2D eigenvalue weighted by atomic mass is 35.5. The molecule has 0 radical (unpaired) electrons. The fourth-order valence-corrected chi connectivity index (χ4v) is 2.31. The Balaban J connectivity index is 0.00000242. The number of amides is 1. The van der Waals surface area contributed by atoms with Gasteiger partial charge in [0.15, 0.2) is 5.78 Å². The van der Waals surface area contributed by atoms with E-state index in [2.05, 4.69) is 10.6 Å². The summed E-state index contributed by atoms with van der Waals surface area (Å²) in [6, 6.07) is 7.37. The van der Waals surface area contributed by atoms with Gasteiger partial charge in [-0.15, -0.1) is 12.4 Å². The molecule has 1 fully saturated rings. The molecule has 1 aromatic rings. The average molecular weight is 327 g/mol. The van der Waals surface area contributed by atoms with Gasteiger partial charge < -0.3 is 15.4 Å². The van der Waals surface area contributed by atoms with Crippen LogP contribution in [0.15, 0.2) is 24.3 Å². The molecule has 1 atom stereocenters. The number of ketones is 1. The van der Waals surface area contributed by atoms with Crippen molar-refractivity contribution in [2.45, 2.75) is 32.2 Å². The SMILES string of the molecule is CC(=O)c1cccc(OCCCC(=O)NC2CCNC2)c1.Cl. The third-order valence-electron chi connectivity index (χ3n) is 3.48. The maximum atomic E-state index is 11.7. The van der Waals surface area contributed by atoms with Crippen LogP contribution in [0.2, 0.25) is 0 Å². The molecule has 1 aliphatic heterocycles. The van der Waals surface area contributed by atoms with E-state index in [0.717, 1.165) is 19.5 Å². The Hall–Kier alpha value is -1.59. The van der Waals surface area contributed by atoms with Crippen LogP contribution in [0.25, 0.3) is 0 Å². The van der Waals surface area contributed by atoms with Crippen molar-refractivity contribution in [1.82, 2.24) is 10.6 Å². The molecular formula is C16H23ClN2O3. The summed E-state index contributed by atoms with van der Waals surface area (Å²) in [5, 5.41) is 6.21. The number of ether oxygens (including phenoxy) is 1. The van der Waals surface area contributed by atoms with Crippen molar-refractivity contribution in [1.29, 1.82) is 0 Å². The van der Waals surface area contributed by atoms with E-state index < -0.39 is 0 Å². The zero-order chi connectivity index (χ0) is 15.1. The predicted molar refractivity (Wildman–Crippen MR) is 87.8 cm³/mol. The Morgan fingerprint density at radius 2 is 2.23 bits per heavy atom. The third kappa shape index (κ3) is 6.03. The zero-order valence-electron chi connectivity index (χ0n) is 12.8. The van der Waals surface area contributed by atoms with Crippen molar-refractivity contribution in [3.63, 3.8) is 0 Å². The predicted octanol–water partition coefficient (Wildman–Crippen LogP) is 1.95. The molecule has 122 valence electrons. The van der Waals surface area contributed by atoms with E-state index in [-0.39, 0.29) is 30.1 Å². The average Bonchev–Trinajstić information content (AvgIpc) is 2.97. The molecule has 0 spiro atoms. The molecule has 5 nitrogen and oxygen atoms in total. The van der Waals surface area contributed by atoms with E-state index in [1.54, 1.807) is 18.2 Å². The van der Waals surface area contributed by atoms with Crippen LogP contribution in [0.5, 0.6) is 5.75 Å². The van der Waals surface area contributed by atoms with Gasteiger partial charge in [-0.1, -0.05) is 12.1 Å². The maximum absolute atomic E-state index is 11.7. The lowest BCUT2D eigenvalue weighted by atomic mass is 10.1. The quantitative estimate of drug-likeness (QED) is 0.593. The van der Waals surface area contributed by atoms with E-state index in [9.17, 15) is 9.59 Å².